The quantitative estimate of drug-likeness (QED) is 0.603. The number of morpholine rings is 1. The Morgan fingerprint density at radius 2 is 2.00 bits per heavy atom. The highest BCUT2D eigenvalue weighted by molar-refractivity contribution is 8.16. The Hall–Kier alpha value is -2.65. The van der Waals surface area contributed by atoms with Crippen molar-refractivity contribution in [2.24, 2.45) is 4.99 Å². The number of ether oxygens (including phenoxy) is 2. The Kier molecular flexibility index (Phi) is 6.90. The lowest BCUT2D eigenvalue weighted by atomic mass is 9.92. The van der Waals surface area contributed by atoms with E-state index in [-0.39, 0.29) is 24.5 Å². The van der Waals surface area contributed by atoms with Crippen molar-refractivity contribution < 1.29 is 23.5 Å². The fourth-order valence-electron chi connectivity index (χ4n) is 4.55. The van der Waals surface area contributed by atoms with Crippen LogP contribution < -0.4 is 0 Å². The first kappa shape index (κ1) is 23.5. The van der Waals surface area contributed by atoms with E-state index in [1.165, 1.54) is 31.0 Å². The molecule has 3 heterocycles. The normalized spacial score (nSPS) is 24.9. The van der Waals surface area contributed by atoms with Crippen molar-refractivity contribution in [3.05, 3.63) is 58.0 Å². The first-order valence-electron chi connectivity index (χ1n) is 11.1. The van der Waals surface area contributed by atoms with Gasteiger partial charge in [-0.3, -0.25) is 4.79 Å². The smallest absolute Gasteiger partial charge is 0.338 e. The average molecular weight is 474 g/mol. The van der Waals surface area contributed by atoms with Crippen LogP contribution >= 0.6 is 11.8 Å². The number of allylic oxidation sites excluding steroid dienone is 1. The molecular formula is C24H28FN3O4S. The molecule has 0 N–H and O–H groups in total. The Morgan fingerprint density at radius 3 is 2.64 bits per heavy atom. The predicted octanol–water partition coefficient (Wildman–Crippen LogP) is 3.99. The number of fused-ring (bicyclic) bond motifs is 1. The molecular weight excluding hydrogens is 445 g/mol. The summed E-state index contributed by atoms with van der Waals surface area (Å²) in [6, 6.07) is 5.54. The van der Waals surface area contributed by atoms with Gasteiger partial charge in [-0.1, -0.05) is 30.8 Å². The second-order valence-corrected chi connectivity index (χ2v) is 9.22. The average Bonchev–Trinajstić information content (AvgIpc) is 3.18. The largest absolute Gasteiger partial charge is 0.466 e. The molecule has 0 saturated carbocycles. The molecule has 7 nitrogen and oxygen atoms in total. The van der Waals surface area contributed by atoms with Crippen molar-refractivity contribution in [2.45, 2.75) is 51.9 Å². The maximum Gasteiger partial charge on any atom is 0.338 e. The van der Waals surface area contributed by atoms with E-state index in [0.717, 1.165) is 5.70 Å². The van der Waals surface area contributed by atoms with E-state index in [4.69, 9.17) is 14.5 Å². The topological polar surface area (TPSA) is 71.4 Å². The van der Waals surface area contributed by atoms with Gasteiger partial charge in [0.05, 0.1) is 43.1 Å². The van der Waals surface area contributed by atoms with Crippen LogP contribution in [-0.4, -0.2) is 59.3 Å². The zero-order chi connectivity index (χ0) is 23.7. The summed E-state index contributed by atoms with van der Waals surface area (Å²) in [5, 5.41) is 2.56. The first-order chi connectivity index (χ1) is 15.8. The number of amidine groups is 1. The molecule has 1 saturated heterocycles. The molecule has 1 fully saturated rings. The number of halogens is 1. The van der Waals surface area contributed by atoms with Gasteiger partial charge < -0.3 is 19.3 Å². The lowest BCUT2D eigenvalue weighted by molar-refractivity contribution is -0.142. The zero-order valence-corrected chi connectivity index (χ0v) is 20.0. The highest BCUT2D eigenvalue weighted by atomic mass is 32.2. The van der Waals surface area contributed by atoms with E-state index in [1.54, 1.807) is 12.1 Å². The minimum atomic E-state index is -0.632. The van der Waals surface area contributed by atoms with Crippen molar-refractivity contribution in [1.82, 2.24) is 9.80 Å². The van der Waals surface area contributed by atoms with Crippen LogP contribution in [0, 0.1) is 5.82 Å². The molecule has 1 aromatic rings. The van der Waals surface area contributed by atoms with Crippen LogP contribution in [0.3, 0.4) is 0 Å². The molecule has 0 spiro atoms. The number of carbonyl (C=O) groups is 2. The molecule has 3 atom stereocenters. The van der Waals surface area contributed by atoms with Gasteiger partial charge in [-0.2, -0.15) is 0 Å². The number of esters is 1. The number of hydrogen-bond acceptors (Lipinski definition) is 7. The Balaban J connectivity index is 1.69. The summed E-state index contributed by atoms with van der Waals surface area (Å²) in [6.45, 7) is 6.89. The van der Waals surface area contributed by atoms with Crippen molar-refractivity contribution in [2.75, 3.05) is 20.2 Å². The Bertz CT molecular complexity index is 1040. The number of rotatable bonds is 5. The van der Waals surface area contributed by atoms with Crippen LogP contribution in [0.15, 0.2) is 51.6 Å². The van der Waals surface area contributed by atoms with Gasteiger partial charge in [0.25, 0.3) is 0 Å². The molecule has 176 valence electrons. The lowest BCUT2D eigenvalue weighted by Crippen LogP contribution is -2.48. The molecule has 0 aliphatic carbocycles. The van der Waals surface area contributed by atoms with Gasteiger partial charge in [0.1, 0.15) is 5.82 Å². The number of thioether (sulfide) groups is 1. The van der Waals surface area contributed by atoms with E-state index in [2.05, 4.69) is 0 Å². The minimum Gasteiger partial charge on any atom is -0.466 e. The summed E-state index contributed by atoms with van der Waals surface area (Å²) in [6.07, 6.45) is 0.606. The molecule has 9 heteroatoms. The second kappa shape index (κ2) is 9.69. The molecule has 1 amide bonds. The number of amides is 1. The number of carbonyl (C=O) groups excluding carboxylic acids is 2. The molecule has 3 aliphatic heterocycles. The first-order valence-corrected chi connectivity index (χ1v) is 11.9. The van der Waals surface area contributed by atoms with E-state index in [0.29, 0.717) is 41.5 Å². The number of methoxy groups -OCH3 is 1. The lowest BCUT2D eigenvalue weighted by Gasteiger charge is -2.38. The summed E-state index contributed by atoms with van der Waals surface area (Å²) < 4.78 is 25.0. The molecule has 0 bridgehead atoms. The van der Waals surface area contributed by atoms with Crippen LogP contribution in [-0.2, 0) is 19.1 Å². The fourth-order valence-corrected chi connectivity index (χ4v) is 5.49. The Morgan fingerprint density at radius 1 is 1.27 bits per heavy atom. The van der Waals surface area contributed by atoms with Crippen LogP contribution in [0.25, 0.3) is 0 Å². The predicted molar refractivity (Wildman–Crippen MR) is 125 cm³/mol. The summed E-state index contributed by atoms with van der Waals surface area (Å²) in [7, 11) is 1.32. The molecule has 33 heavy (non-hydrogen) atoms. The summed E-state index contributed by atoms with van der Waals surface area (Å²) in [5.41, 5.74) is 2.29. The third-order valence-corrected chi connectivity index (χ3v) is 6.79. The number of benzene rings is 1. The maximum atomic E-state index is 14.2. The minimum absolute atomic E-state index is 0.0204. The summed E-state index contributed by atoms with van der Waals surface area (Å²) in [4.78, 5) is 34.4. The van der Waals surface area contributed by atoms with Crippen LogP contribution in [0.1, 0.15) is 45.2 Å². The number of hydrogen-bond donors (Lipinski definition) is 0. The van der Waals surface area contributed by atoms with Crippen molar-refractivity contribution in [3.63, 3.8) is 0 Å². The van der Waals surface area contributed by atoms with Gasteiger partial charge >= 0.3 is 5.97 Å². The second-order valence-electron chi connectivity index (χ2n) is 8.39. The molecule has 0 aromatic heterocycles. The van der Waals surface area contributed by atoms with E-state index in [9.17, 15) is 14.0 Å². The highest BCUT2D eigenvalue weighted by Crippen LogP contribution is 2.45. The molecule has 3 unspecified atom stereocenters. The number of aliphatic imine (C=N–C) groups is 1. The summed E-state index contributed by atoms with van der Waals surface area (Å²) in [5.74, 6) is -0.932. The monoisotopic (exact) mass is 473 g/mol. The third kappa shape index (κ3) is 4.70. The van der Waals surface area contributed by atoms with Crippen LogP contribution in [0.4, 0.5) is 4.39 Å². The van der Waals surface area contributed by atoms with Crippen molar-refractivity contribution in [1.29, 1.82) is 0 Å². The standard InChI is InChI=1S/C24H28FN3O4S/c1-5-19-21(23(30)31-4)22(16-7-6-8-17(25)9-16)28-18(13-33-24(28)26-19)10-20(29)27-11-14(2)32-15(3)12-27/h6-9,13-15,22H,5,10-12H2,1-4H3. The van der Waals surface area contributed by atoms with E-state index < -0.39 is 17.8 Å². The molecule has 4 rings (SSSR count). The fraction of sp³-hybridized carbons (Fsp3) is 0.458. The SMILES string of the molecule is CCC1=C(C(=O)OC)C(c2cccc(F)c2)N2C(CC(=O)N3CC(C)OC(C)C3)=CSC2=N1. The van der Waals surface area contributed by atoms with Crippen LogP contribution in [0.5, 0.6) is 0 Å². The molecule has 3 aliphatic rings. The van der Waals surface area contributed by atoms with E-state index >= 15 is 0 Å². The maximum absolute atomic E-state index is 14.2. The van der Waals surface area contributed by atoms with Gasteiger partial charge in [-0.05, 0) is 43.4 Å². The molecule has 0 radical (unpaired) electrons. The molecule has 1 aromatic carbocycles. The van der Waals surface area contributed by atoms with Gasteiger partial charge in [0.2, 0.25) is 5.91 Å². The van der Waals surface area contributed by atoms with Gasteiger partial charge in [-0.15, -0.1) is 0 Å². The highest BCUT2D eigenvalue weighted by Gasteiger charge is 2.42. The van der Waals surface area contributed by atoms with Gasteiger partial charge in [0.15, 0.2) is 5.17 Å². The zero-order valence-electron chi connectivity index (χ0n) is 19.2. The summed E-state index contributed by atoms with van der Waals surface area (Å²) >= 11 is 1.41. The van der Waals surface area contributed by atoms with E-state index in [1.807, 2.05) is 36.0 Å². The van der Waals surface area contributed by atoms with Gasteiger partial charge in [0, 0.05) is 18.8 Å². The van der Waals surface area contributed by atoms with Crippen molar-refractivity contribution in [3.8, 4) is 0 Å². The number of nitrogens with zero attached hydrogens (tertiary/aromatic N) is 3. The third-order valence-electron chi connectivity index (χ3n) is 5.90. The van der Waals surface area contributed by atoms with Crippen molar-refractivity contribution >= 4 is 28.8 Å². The Labute approximate surface area is 197 Å². The van der Waals surface area contributed by atoms with Gasteiger partial charge in [-0.25, -0.2) is 14.2 Å². The van der Waals surface area contributed by atoms with Crippen LogP contribution in [0.2, 0.25) is 0 Å².